The second kappa shape index (κ2) is 11.7. The molecule has 0 spiro atoms. The van der Waals surface area contributed by atoms with Gasteiger partial charge in [0, 0.05) is 44.5 Å². The van der Waals surface area contributed by atoms with Crippen molar-refractivity contribution in [3.05, 3.63) is 104 Å². The van der Waals surface area contributed by atoms with Crippen LogP contribution in [0.1, 0.15) is 16.0 Å². The minimum absolute atomic E-state index is 0.104. The number of carbonyl (C=O) groups is 1. The minimum atomic E-state index is -0.216. The first-order chi connectivity index (χ1) is 19.4. The molecule has 0 aliphatic carbocycles. The summed E-state index contributed by atoms with van der Waals surface area (Å²) in [7, 11) is 0. The van der Waals surface area contributed by atoms with Crippen molar-refractivity contribution in [3.8, 4) is 0 Å². The zero-order valence-corrected chi connectivity index (χ0v) is 24.5. The third kappa shape index (κ3) is 5.94. The molecule has 6 aromatic rings. The number of hydrogen-bond acceptors (Lipinski definition) is 7. The standard InChI is InChI=1S/C28H19Cl3N6OS2/c29-18-6-8-22(31)17(10-18)11-20-13-32-27(40-20)33-24(38)15-39-28-34-26-25(35-36-28)21-12-19(30)7-9-23(21)37(26)14-16-4-2-1-3-5-16/h1-10,12-13H,11,14-15H2,(H,32,33,38). The van der Waals surface area contributed by atoms with E-state index in [4.69, 9.17) is 39.8 Å². The average Bonchev–Trinajstić information content (AvgIpc) is 3.51. The van der Waals surface area contributed by atoms with Gasteiger partial charge in [-0.2, -0.15) is 0 Å². The molecule has 0 bridgehead atoms. The summed E-state index contributed by atoms with van der Waals surface area (Å²) in [5, 5.41) is 15.2. The molecule has 12 heteroatoms. The Labute approximate surface area is 252 Å². The smallest absolute Gasteiger partial charge is 0.236 e. The molecule has 7 nitrogen and oxygen atoms in total. The Morgan fingerprint density at radius 1 is 0.975 bits per heavy atom. The van der Waals surface area contributed by atoms with Crippen LogP contribution in [0.25, 0.3) is 22.1 Å². The highest BCUT2D eigenvalue weighted by Crippen LogP contribution is 2.31. The third-order valence-electron chi connectivity index (χ3n) is 6.10. The highest BCUT2D eigenvalue weighted by atomic mass is 35.5. The van der Waals surface area contributed by atoms with Gasteiger partial charge in [-0.25, -0.2) is 9.97 Å². The van der Waals surface area contributed by atoms with Crippen molar-refractivity contribution in [2.75, 3.05) is 11.1 Å². The number of carbonyl (C=O) groups excluding carboxylic acids is 1. The fourth-order valence-electron chi connectivity index (χ4n) is 4.30. The van der Waals surface area contributed by atoms with Crippen molar-refractivity contribution in [1.29, 1.82) is 0 Å². The van der Waals surface area contributed by atoms with Crippen LogP contribution in [-0.2, 0) is 17.8 Å². The molecule has 3 heterocycles. The molecule has 3 aromatic heterocycles. The Morgan fingerprint density at radius 3 is 2.62 bits per heavy atom. The first kappa shape index (κ1) is 27.0. The van der Waals surface area contributed by atoms with Gasteiger partial charge in [0.25, 0.3) is 0 Å². The number of aromatic nitrogens is 5. The van der Waals surface area contributed by atoms with Crippen LogP contribution in [0.3, 0.4) is 0 Å². The van der Waals surface area contributed by atoms with Gasteiger partial charge in [-0.3, -0.25) is 4.79 Å². The van der Waals surface area contributed by atoms with Crippen LogP contribution in [0.5, 0.6) is 0 Å². The van der Waals surface area contributed by atoms with E-state index in [9.17, 15) is 4.79 Å². The van der Waals surface area contributed by atoms with E-state index in [0.29, 0.717) is 49.5 Å². The van der Waals surface area contributed by atoms with E-state index in [-0.39, 0.29) is 11.7 Å². The van der Waals surface area contributed by atoms with Crippen molar-refractivity contribution < 1.29 is 4.79 Å². The van der Waals surface area contributed by atoms with Gasteiger partial charge in [0.2, 0.25) is 11.1 Å². The Balaban J connectivity index is 1.17. The SMILES string of the molecule is O=C(CSc1nnc2c3cc(Cl)ccc3n(Cc3ccccc3)c2n1)Nc1ncc(Cc2cc(Cl)ccc2Cl)s1. The monoisotopic (exact) mass is 624 g/mol. The molecule has 0 aliphatic rings. The molecule has 1 N–H and O–H groups in total. The Hall–Kier alpha value is -3.21. The summed E-state index contributed by atoms with van der Waals surface area (Å²) in [6, 6.07) is 21.2. The van der Waals surface area contributed by atoms with Crippen LogP contribution in [0, 0.1) is 0 Å². The molecule has 1 amide bonds. The van der Waals surface area contributed by atoms with E-state index in [2.05, 4.69) is 37.2 Å². The van der Waals surface area contributed by atoms with Gasteiger partial charge in [0.15, 0.2) is 10.8 Å². The lowest BCUT2D eigenvalue weighted by Crippen LogP contribution is -2.14. The lowest BCUT2D eigenvalue weighted by Gasteiger charge is -2.07. The van der Waals surface area contributed by atoms with E-state index < -0.39 is 0 Å². The number of benzene rings is 3. The summed E-state index contributed by atoms with van der Waals surface area (Å²) in [5.41, 5.74) is 4.34. The number of nitrogens with zero attached hydrogens (tertiary/aromatic N) is 5. The molecule has 200 valence electrons. The van der Waals surface area contributed by atoms with Crippen molar-refractivity contribution in [2.24, 2.45) is 0 Å². The summed E-state index contributed by atoms with van der Waals surface area (Å²) < 4.78 is 2.10. The number of fused-ring (bicyclic) bond motifs is 3. The number of anilines is 1. The van der Waals surface area contributed by atoms with Crippen molar-refractivity contribution >= 4 is 91.0 Å². The average molecular weight is 626 g/mol. The highest BCUT2D eigenvalue weighted by Gasteiger charge is 2.17. The topological polar surface area (TPSA) is 85.6 Å². The molecule has 3 aromatic carbocycles. The summed E-state index contributed by atoms with van der Waals surface area (Å²) >= 11 is 21.3. The normalized spacial score (nSPS) is 11.4. The number of hydrogen-bond donors (Lipinski definition) is 1. The number of halogens is 3. The number of rotatable bonds is 8. The van der Waals surface area contributed by atoms with Crippen molar-refractivity contribution in [3.63, 3.8) is 0 Å². The number of amides is 1. The second-order valence-corrected chi connectivity index (χ2v) is 12.2. The van der Waals surface area contributed by atoms with Gasteiger partial charge < -0.3 is 9.88 Å². The zero-order chi connectivity index (χ0) is 27.6. The zero-order valence-electron chi connectivity index (χ0n) is 20.6. The molecule has 0 saturated heterocycles. The van der Waals surface area contributed by atoms with Crippen LogP contribution in [0.2, 0.25) is 15.1 Å². The molecule has 0 atom stereocenters. The molecule has 0 fully saturated rings. The summed E-state index contributed by atoms with van der Waals surface area (Å²) in [6.45, 7) is 0.610. The van der Waals surface area contributed by atoms with Crippen molar-refractivity contribution in [2.45, 2.75) is 18.1 Å². The minimum Gasteiger partial charge on any atom is -0.319 e. The summed E-state index contributed by atoms with van der Waals surface area (Å²) in [6.07, 6.45) is 2.30. The highest BCUT2D eigenvalue weighted by molar-refractivity contribution is 7.99. The Kier molecular flexibility index (Phi) is 7.91. The van der Waals surface area contributed by atoms with E-state index in [1.807, 2.05) is 42.5 Å². The molecule has 40 heavy (non-hydrogen) atoms. The molecule has 6 rings (SSSR count). The maximum absolute atomic E-state index is 12.7. The van der Waals surface area contributed by atoms with Crippen LogP contribution < -0.4 is 5.32 Å². The van der Waals surface area contributed by atoms with Crippen LogP contribution in [0.15, 0.2) is 78.1 Å². The largest absolute Gasteiger partial charge is 0.319 e. The summed E-state index contributed by atoms with van der Waals surface area (Å²) in [5.74, 6) is -0.112. The van der Waals surface area contributed by atoms with Gasteiger partial charge >= 0.3 is 0 Å². The van der Waals surface area contributed by atoms with Crippen LogP contribution >= 0.6 is 57.9 Å². The van der Waals surface area contributed by atoms with Crippen LogP contribution in [-0.4, -0.2) is 36.4 Å². The van der Waals surface area contributed by atoms with Gasteiger partial charge in [-0.15, -0.1) is 21.5 Å². The molecular formula is C28H19Cl3N6OS2. The van der Waals surface area contributed by atoms with E-state index >= 15 is 0 Å². The van der Waals surface area contributed by atoms with Crippen LogP contribution in [0.4, 0.5) is 5.13 Å². The predicted molar refractivity (Wildman–Crippen MR) is 164 cm³/mol. The summed E-state index contributed by atoms with van der Waals surface area (Å²) in [4.78, 5) is 22.8. The fraction of sp³-hybridized carbons (Fsp3) is 0.107. The quantitative estimate of drug-likeness (QED) is 0.174. The number of thiazole rings is 1. The number of thioether (sulfide) groups is 1. The lowest BCUT2D eigenvalue weighted by atomic mass is 10.1. The molecule has 0 saturated carbocycles. The molecule has 0 aliphatic heterocycles. The van der Waals surface area contributed by atoms with Gasteiger partial charge in [-0.05, 0) is 47.5 Å². The molecule has 0 radical (unpaired) electrons. The first-order valence-electron chi connectivity index (χ1n) is 12.1. The van der Waals surface area contributed by atoms with Gasteiger partial charge in [0.1, 0.15) is 5.52 Å². The van der Waals surface area contributed by atoms with E-state index in [0.717, 1.165) is 26.9 Å². The van der Waals surface area contributed by atoms with E-state index in [1.54, 1.807) is 18.3 Å². The Bertz CT molecular complexity index is 1860. The van der Waals surface area contributed by atoms with Gasteiger partial charge in [0.05, 0.1) is 11.3 Å². The predicted octanol–water partition coefficient (Wildman–Crippen LogP) is 7.77. The maximum atomic E-state index is 12.7. The maximum Gasteiger partial charge on any atom is 0.236 e. The van der Waals surface area contributed by atoms with Gasteiger partial charge in [-0.1, -0.05) is 76.9 Å². The van der Waals surface area contributed by atoms with E-state index in [1.165, 1.54) is 23.1 Å². The molecular weight excluding hydrogens is 607 g/mol. The van der Waals surface area contributed by atoms with Crippen molar-refractivity contribution in [1.82, 2.24) is 24.7 Å². The lowest BCUT2D eigenvalue weighted by molar-refractivity contribution is -0.113. The third-order valence-corrected chi connectivity index (χ3v) is 8.69. The Morgan fingerprint density at radius 2 is 1.77 bits per heavy atom. The fourth-order valence-corrected chi connectivity index (χ4v) is 6.28. The molecule has 0 unspecified atom stereocenters. The first-order valence-corrected chi connectivity index (χ1v) is 15.0. The number of nitrogens with one attached hydrogen (secondary N) is 1. The second-order valence-electron chi connectivity index (χ2n) is 8.88.